The van der Waals surface area contributed by atoms with Crippen molar-refractivity contribution in [3.63, 3.8) is 0 Å². The number of rotatable bonds is 1. The summed E-state index contributed by atoms with van der Waals surface area (Å²) < 4.78 is 1.36. The number of nitrogens with one attached hydrogen (secondary N) is 1. The van der Waals surface area contributed by atoms with E-state index in [0.29, 0.717) is 0 Å². The summed E-state index contributed by atoms with van der Waals surface area (Å²) in [6.45, 7) is 0. The molecule has 1 N–H and O–H groups in total. The molecule has 2 heteroatoms. The first-order valence-electron chi connectivity index (χ1n) is 7.84. The van der Waals surface area contributed by atoms with Gasteiger partial charge in [-0.25, -0.2) is 0 Å². The van der Waals surface area contributed by atoms with Gasteiger partial charge in [-0.3, -0.25) is 0 Å². The van der Waals surface area contributed by atoms with Crippen LogP contribution in [0.15, 0.2) is 78.9 Å². The van der Waals surface area contributed by atoms with Gasteiger partial charge in [-0.1, -0.05) is 66.7 Å². The second-order valence-electron chi connectivity index (χ2n) is 5.87. The molecule has 0 aliphatic carbocycles. The molecule has 4 aromatic rings. The molecule has 2 heterocycles. The van der Waals surface area contributed by atoms with Crippen molar-refractivity contribution >= 4 is 27.1 Å². The summed E-state index contributed by atoms with van der Waals surface area (Å²) in [6, 6.07) is 28.3. The Labute approximate surface area is 139 Å². The van der Waals surface area contributed by atoms with Gasteiger partial charge in [-0.2, -0.15) is 0 Å². The van der Waals surface area contributed by atoms with Crippen LogP contribution in [0.5, 0.6) is 0 Å². The molecule has 0 fully saturated rings. The highest BCUT2D eigenvalue weighted by Crippen LogP contribution is 2.50. The Morgan fingerprint density at radius 1 is 0.739 bits per heavy atom. The zero-order valence-electron chi connectivity index (χ0n) is 12.5. The summed E-state index contributed by atoms with van der Waals surface area (Å²) in [4.78, 5) is 1.41. The summed E-state index contributed by atoms with van der Waals surface area (Å²) in [5.41, 5.74) is 5.24. The average molecular weight is 313 g/mol. The van der Waals surface area contributed by atoms with Gasteiger partial charge in [0.25, 0.3) is 0 Å². The molecular weight excluding hydrogens is 298 g/mol. The van der Waals surface area contributed by atoms with Gasteiger partial charge < -0.3 is 5.32 Å². The lowest BCUT2D eigenvalue weighted by Crippen LogP contribution is -2.16. The van der Waals surface area contributed by atoms with Crippen LogP contribution in [-0.2, 0) is 0 Å². The van der Waals surface area contributed by atoms with Crippen LogP contribution >= 0.6 is 11.3 Å². The zero-order valence-corrected chi connectivity index (χ0v) is 13.3. The quantitative estimate of drug-likeness (QED) is 0.449. The Morgan fingerprint density at radius 3 is 2.39 bits per heavy atom. The highest BCUT2D eigenvalue weighted by molar-refractivity contribution is 7.19. The van der Waals surface area contributed by atoms with Crippen LogP contribution < -0.4 is 5.32 Å². The highest BCUT2D eigenvalue weighted by atomic mass is 32.1. The van der Waals surface area contributed by atoms with Gasteiger partial charge in [0.1, 0.15) is 0 Å². The summed E-state index contributed by atoms with van der Waals surface area (Å²) in [5, 5.41) is 5.10. The Kier molecular flexibility index (Phi) is 2.79. The maximum atomic E-state index is 3.74. The van der Waals surface area contributed by atoms with Crippen LogP contribution in [0.25, 0.3) is 21.2 Å². The largest absolute Gasteiger partial charge is 0.373 e. The topological polar surface area (TPSA) is 12.0 Å². The molecule has 1 unspecified atom stereocenters. The molecule has 1 aliphatic rings. The van der Waals surface area contributed by atoms with Crippen molar-refractivity contribution in [2.45, 2.75) is 6.04 Å². The summed E-state index contributed by atoms with van der Waals surface area (Å²) >= 11 is 1.90. The van der Waals surface area contributed by atoms with E-state index in [2.05, 4.69) is 84.2 Å². The van der Waals surface area contributed by atoms with E-state index in [-0.39, 0.29) is 6.04 Å². The van der Waals surface area contributed by atoms with Gasteiger partial charge in [0, 0.05) is 31.8 Å². The molecule has 0 saturated heterocycles. The third-order valence-electron chi connectivity index (χ3n) is 4.51. The Bertz CT molecular complexity index is 1000. The predicted molar refractivity (Wildman–Crippen MR) is 99.2 cm³/mol. The second-order valence-corrected chi connectivity index (χ2v) is 6.95. The van der Waals surface area contributed by atoms with E-state index in [9.17, 15) is 0 Å². The lowest BCUT2D eigenvalue weighted by atomic mass is 9.91. The number of hydrogen-bond donors (Lipinski definition) is 1. The first-order chi connectivity index (χ1) is 11.4. The number of anilines is 1. The molecule has 5 rings (SSSR count). The van der Waals surface area contributed by atoms with Crippen LogP contribution in [0.2, 0.25) is 0 Å². The molecule has 0 radical (unpaired) electrons. The van der Waals surface area contributed by atoms with Crippen LogP contribution in [-0.4, -0.2) is 0 Å². The Morgan fingerprint density at radius 2 is 1.48 bits per heavy atom. The van der Waals surface area contributed by atoms with Gasteiger partial charge in [0.2, 0.25) is 0 Å². The first-order valence-corrected chi connectivity index (χ1v) is 8.66. The van der Waals surface area contributed by atoms with Crippen molar-refractivity contribution in [3.05, 3.63) is 89.3 Å². The molecule has 1 aliphatic heterocycles. The molecule has 1 atom stereocenters. The monoisotopic (exact) mass is 313 g/mol. The van der Waals surface area contributed by atoms with E-state index in [1.807, 2.05) is 11.3 Å². The molecule has 1 nitrogen and oxygen atoms in total. The molecule has 110 valence electrons. The van der Waals surface area contributed by atoms with Crippen LogP contribution in [0.1, 0.15) is 16.5 Å². The van der Waals surface area contributed by atoms with E-state index < -0.39 is 0 Å². The smallest absolute Gasteiger partial charge is 0.0867 e. The lowest BCUT2D eigenvalue weighted by molar-refractivity contribution is 0.956. The second kappa shape index (κ2) is 4.97. The fourth-order valence-corrected chi connectivity index (χ4v) is 4.77. The summed E-state index contributed by atoms with van der Waals surface area (Å²) in [6.07, 6.45) is 0. The number of benzene rings is 3. The maximum absolute atomic E-state index is 3.74. The Balaban J connectivity index is 1.84. The minimum Gasteiger partial charge on any atom is -0.373 e. The van der Waals surface area contributed by atoms with Gasteiger partial charge in [-0.05, 0) is 17.7 Å². The van der Waals surface area contributed by atoms with Crippen LogP contribution in [0, 0.1) is 0 Å². The molecule has 1 aromatic heterocycles. The van der Waals surface area contributed by atoms with E-state index in [1.165, 1.54) is 37.3 Å². The SMILES string of the molecule is c1ccc(C2Nc3ccccc3-c3c2sc2ccccc32)cc1. The van der Waals surface area contributed by atoms with Crippen LogP contribution in [0.4, 0.5) is 5.69 Å². The molecule has 23 heavy (non-hydrogen) atoms. The van der Waals surface area contributed by atoms with Crippen molar-refractivity contribution in [1.29, 1.82) is 0 Å². The normalized spacial score (nSPS) is 15.7. The van der Waals surface area contributed by atoms with E-state index >= 15 is 0 Å². The van der Waals surface area contributed by atoms with Crippen molar-refractivity contribution in [2.75, 3.05) is 5.32 Å². The van der Waals surface area contributed by atoms with Gasteiger partial charge in [-0.15, -0.1) is 11.3 Å². The summed E-state index contributed by atoms with van der Waals surface area (Å²) in [7, 11) is 0. The maximum Gasteiger partial charge on any atom is 0.0867 e. The first kappa shape index (κ1) is 12.9. The molecular formula is C21H15NS. The minimum atomic E-state index is 0.221. The van der Waals surface area contributed by atoms with Gasteiger partial charge in [0.05, 0.1) is 6.04 Å². The van der Waals surface area contributed by atoms with Crippen molar-refractivity contribution in [2.24, 2.45) is 0 Å². The minimum absolute atomic E-state index is 0.221. The number of hydrogen-bond acceptors (Lipinski definition) is 2. The summed E-state index contributed by atoms with van der Waals surface area (Å²) in [5.74, 6) is 0. The average Bonchev–Trinajstić information content (AvgIpc) is 3.01. The van der Waals surface area contributed by atoms with Crippen molar-refractivity contribution in [3.8, 4) is 11.1 Å². The zero-order chi connectivity index (χ0) is 15.2. The number of thiophene rings is 1. The standard InChI is InChI=1S/C21H15NS/c1-2-8-14(9-3-1)20-21-19(15-10-4-6-12-17(15)22-20)16-11-5-7-13-18(16)23-21/h1-13,20,22H. The van der Waals surface area contributed by atoms with E-state index in [4.69, 9.17) is 0 Å². The number of fused-ring (bicyclic) bond motifs is 5. The van der Waals surface area contributed by atoms with Gasteiger partial charge >= 0.3 is 0 Å². The third kappa shape index (κ3) is 1.92. The Hall–Kier alpha value is -2.58. The molecule has 0 amide bonds. The molecule has 0 saturated carbocycles. The molecule has 3 aromatic carbocycles. The molecule has 0 bridgehead atoms. The van der Waals surface area contributed by atoms with Gasteiger partial charge in [0.15, 0.2) is 0 Å². The number of para-hydroxylation sites is 1. The van der Waals surface area contributed by atoms with E-state index in [1.54, 1.807) is 0 Å². The third-order valence-corrected chi connectivity index (χ3v) is 5.75. The predicted octanol–water partition coefficient (Wildman–Crippen LogP) is 6.08. The fraction of sp³-hybridized carbons (Fsp3) is 0.0476. The molecule has 0 spiro atoms. The fourth-order valence-electron chi connectivity index (χ4n) is 3.47. The van der Waals surface area contributed by atoms with Crippen molar-refractivity contribution < 1.29 is 0 Å². The van der Waals surface area contributed by atoms with Crippen molar-refractivity contribution in [1.82, 2.24) is 0 Å². The van der Waals surface area contributed by atoms with Crippen LogP contribution in [0.3, 0.4) is 0 Å². The lowest BCUT2D eigenvalue weighted by Gasteiger charge is -2.28. The van der Waals surface area contributed by atoms with E-state index in [0.717, 1.165) is 0 Å². The highest BCUT2D eigenvalue weighted by Gasteiger charge is 2.28.